The normalized spacial score (nSPS) is 19.9. The maximum absolute atomic E-state index is 13.1. The molecular formula is C13H19F2N3. The fourth-order valence-corrected chi connectivity index (χ4v) is 1.95. The van der Waals surface area contributed by atoms with Gasteiger partial charge in [-0.15, -0.1) is 0 Å². The van der Waals surface area contributed by atoms with Gasteiger partial charge < -0.3 is 4.90 Å². The number of alkyl halides is 2. The van der Waals surface area contributed by atoms with Crippen LogP contribution in [-0.2, 0) is 5.41 Å². The van der Waals surface area contributed by atoms with Crippen LogP contribution < -0.4 is 4.90 Å². The summed E-state index contributed by atoms with van der Waals surface area (Å²) in [7, 11) is 0. The molecule has 0 aromatic carbocycles. The Kier molecular flexibility index (Phi) is 3.25. The second kappa shape index (κ2) is 4.44. The molecule has 0 spiro atoms. The van der Waals surface area contributed by atoms with E-state index in [4.69, 9.17) is 0 Å². The molecule has 0 amide bonds. The van der Waals surface area contributed by atoms with E-state index in [-0.39, 0.29) is 18.3 Å². The van der Waals surface area contributed by atoms with E-state index in [2.05, 4.69) is 9.97 Å². The van der Waals surface area contributed by atoms with Crippen LogP contribution in [-0.4, -0.2) is 29.0 Å². The number of aromatic nitrogens is 2. The molecule has 1 fully saturated rings. The van der Waals surface area contributed by atoms with Gasteiger partial charge in [0.25, 0.3) is 5.92 Å². The number of nitrogens with zero attached hydrogens (tertiary/aromatic N) is 3. The molecule has 5 heteroatoms. The van der Waals surface area contributed by atoms with Crippen molar-refractivity contribution in [2.45, 2.75) is 45.0 Å². The topological polar surface area (TPSA) is 29.0 Å². The molecule has 0 saturated carbocycles. The minimum Gasteiger partial charge on any atom is -0.356 e. The van der Waals surface area contributed by atoms with Gasteiger partial charge in [-0.3, -0.25) is 0 Å². The molecule has 0 unspecified atom stereocenters. The molecule has 0 bridgehead atoms. The summed E-state index contributed by atoms with van der Waals surface area (Å²) in [5, 5.41) is 0. The fourth-order valence-electron chi connectivity index (χ4n) is 1.95. The predicted octanol–water partition coefficient (Wildman–Crippen LogP) is 3.01. The molecule has 2 heterocycles. The third-order valence-electron chi connectivity index (χ3n) is 3.13. The lowest BCUT2D eigenvalue weighted by Gasteiger charge is -2.33. The van der Waals surface area contributed by atoms with Crippen molar-refractivity contribution < 1.29 is 8.78 Å². The van der Waals surface area contributed by atoms with E-state index >= 15 is 0 Å². The maximum atomic E-state index is 13.1. The number of rotatable bonds is 1. The van der Waals surface area contributed by atoms with Crippen LogP contribution in [0.3, 0.4) is 0 Å². The molecule has 18 heavy (non-hydrogen) atoms. The Hall–Kier alpha value is -1.26. The van der Waals surface area contributed by atoms with Crippen LogP contribution in [0.2, 0.25) is 0 Å². The first-order valence-electron chi connectivity index (χ1n) is 6.24. The van der Waals surface area contributed by atoms with E-state index in [1.165, 1.54) is 0 Å². The maximum Gasteiger partial charge on any atom is 0.251 e. The van der Waals surface area contributed by atoms with E-state index in [1.54, 1.807) is 12.3 Å². The zero-order valence-electron chi connectivity index (χ0n) is 11.1. The van der Waals surface area contributed by atoms with Crippen molar-refractivity contribution in [1.82, 2.24) is 9.97 Å². The van der Waals surface area contributed by atoms with Gasteiger partial charge in [0.05, 0.1) is 0 Å². The summed E-state index contributed by atoms with van der Waals surface area (Å²) in [6.07, 6.45) is 1.51. The van der Waals surface area contributed by atoms with E-state index in [1.807, 2.05) is 25.7 Å². The van der Waals surface area contributed by atoms with Gasteiger partial charge in [0.2, 0.25) is 0 Å². The Bertz CT molecular complexity index is 416. The molecule has 0 aliphatic carbocycles. The first-order valence-corrected chi connectivity index (χ1v) is 6.24. The summed E-state index contributed by atoms with van der Waals surface area (Å²) >= 11 is 0. The highest BCUT2D eigenvalue weighted by Crippen LogP contribution is 2.30. The van der Waals surface area contributed by atoms with Crippen LogP contribution in [0.25, 0.3) is 0 Å². The van der Waals surface area contributed by atoms with Gasteiger partial charge in [-0.1, -0.05) is 20.8 Å². The Morgan fingerprint density at radius 2 is 1.83 bits per heavy atom. The van der Waals surface area contributed by atoms with Crippen LogP contribution in [0.1, 0.15) is 39.4 Å². The quantitative estimate of drug-likeness (QED) is 0.772. The molecular weight excluding hydrogens is 236 g/mol. The van der Waals surface area contributed by atoms with Crippen LogP contribution in [0, 0.1) is 0 Å². The van der Waals surface area contributed by atoms with Crippen LogP contribution >= 0.6 is 0 Å². The number of piperidine rings is 1. The third kappa shape index (κ3) is 2.94. The lowest BCUT2D eigenvalue weighted by Crippen LogP contribution is -2.40. The number of anilines is 1. The van der Waals surface area contributed by atoms with Gasteiger partial charge in [-0.05, 0) is 6.07 Å². The highest BCUT2D eigenvalue weighted by atomic mass is 19.3. The molecule has 1 aromatic heterocycles. The number of hydrogen-bond acceptors (Lipinski definition) is 3. The summed E-state index contributed by atoms with van der Waals surface area (Å²) in [5.41, 5.74) is -0.129. The van der Waals surface area contributed by atoms with Crippen molar-refractivity contribution in [3.8, 4) is 0 Å². The summed E-state index contributed by atoms with van der Waals surface area (Å²) in [5.74, 6) is -1.01. The van der Waals surface area contributed by atoms with Crippen LogP contribution in [0.4, 0.5) is 14.6 Å². The summed E-state index contributed by atoms with van der Waals surface area (Å²) in [4.78, 5) is 10.6. The van der Waals surface area contributed by atoms with Gasteiger partial charge in [0.1, 0.15) is 11.6 Å². The molecule has 0 atom stereocenters. The lowest BCUT2D eigenvalue weighted by atomic mass is 9.96. The first-order chi connectivity index (χ1) is 8.28. The Labute approximate surface area is 106 Å². The Balaban J connectivity index is 2.15. The Morgan fingerprint density at radius 3 is 2.39 bits per heavy atom. The average Bonchev–Trinajstić information content (AvgIpc) is 2.28. The monoisotopic (exact) mass is 255 g/mol. The van der Waals surface area contributed by atoms with Crippen molar-refractivity contribution >= 4 is 5.82 Å². The smallest absolute Gasteiger partial charge is 0.251 e. The van der Waals surface area contributed by atoms with Crippen molar-refractivity contribution in [2.24, 2.45) is 0 Å². The summed E-state index contributed by atoms with van der Waals surface area (Å²) in [6, 6.07) is 1.79. The van der Waals surface area contributed by atoms with Crippen LogP contribution in [0.15, 0.2) is 12.3 Å². The van der Waals surface area contributed by atoms with Crippen molar-refractivity contribution in [1.29, 1.82) is 0 Å². The molecule has 100 valence electrons. The Morgan fingerprint density at radius 1 is 1.22 bits per heavy atom. The van der Waals surface area contributed by atoms with E-state index in [0.29, 0.717) is 13.1 Å². The second-order valence-corrected chi connectivity index (χ2v) is 5.83. The molecule has 0 N–H and O–H groups in total. The second-order valence-electron chi connectivity index (χ2n) is 5.83. The highest BCUT2D eigenvalue weighted by Gasteiger charge is 2.34. The summed E-state index contributed by atoms with van der Waals surface area (Å²) in [6.45, 7) is 6.82. The average molecular weight is 255 g/mol. The minimum atomic E-state index is -2.52. The SMILES string of the molecule is CC(C)(C)c1nccc(N2CCC(F)(F)CC2)n1. The zero-order valence-corrected chi connectivity index (χ0v) is 11.1. The highest BCUT2D eigenvalue weighted by molar-refractivity contribution is 5.38. The molecule has 2 rings (SSSR count). The van der Waals surface area contributed by atoms with Crippen molar-refractivity contribution in [2.75, 3.05) is 18.0 Å². The lowest BCUT2D eigenvalue weighted by molar-refractivity contribution is -0.0221. The largest absolute Gasteiger partial charge is 0.356 e. The molecule has 0 radical (unpaired) electrons. The van der Waals surface area contributed by atoms with E-state index in [9.17, 15) is 8.78 Å². The van der Waals surface area contributed by atoms with E-state index < -0.39 is 5.92 Å². The zero-order chi connectivity index (χ0) is 13.4. The molecule has 1 aromatic rings. The van der Waals surface area contributed by atoms with Gasteiger partial charge in [-0.25, -0.2) is 18.7 Å². The number of hydrogen-bond donors (Lipinski definition) is 0. The minimum absolute atomic E-state index is 0.0954. The molecule has 1 saturated heterocycles. The molecule has 3 nitrogen and oxygen atoms in total. The third-order valence-corrected chi connectivity index (χ3v) is 3.13. The number of halogens is 2. The first kappa shape index (κ1) is 13.2. The summed E-state index contributed by atoms with van der Waals surface area (Å²) < 4.78 is 26.2. The fraction of sp³-hybridized carbons (Fsp3) is 0.692. The van der Waals surface area contributed by atoms with Gasteiger partial charge >= 0.3 is 0 Å². The van der Waals surface area contributed by atoms with Gasteiger partial charge in [0, 0.05) is 37.5 Å². The van der Waals surface area contributed by atoms with Crippen molar-refractivity contribution in [3.63, 3.8) is 0 Å². The standard InChI is InChI=1S/C13H19F2N3/c1-12(2,3)11-16-7-4-10(17-11)18-8-5-13(14,15)6-9-18/h4,7H,5-6,8-9H2,1-3H3. The van der Waals surface area contributed by atoms with Gasteiger partial charge in [-0.2, -0.15) is 0 Å². The molecule has 1 aliphatic heterocycles. The predicted molar refractivity (Wildman–Crippen MR) is 67.1 cm³/mol. The van der Waals surface area contributed by atoms with Crippen molar-refractivity contribution in [3.05, 3.63) is 18.1 Å². The van der Waals surface area contributed by atoms with Crippen LogP contribution in [0.5, 0.6) is 0 Å². The van der Waals surface area contributed by atoms with Gasteiger partial charge in [0.15, 0.2) is 0 Å². The molecule has 1 aliphatic rings. The van der Waals surface area contributed by atoms with E-state index in [0.717, 1.165) is 11.6 Å².